The molecule has 29 heavy (non-hydrogen) atoms. The maximum absolute atomic E-state index is 12.9. The van der Waals surface area contributed by atoms with Crippen LogP contribution in [0.4, 0.5) is 15.8 Å². The normalized spacial score (nSPS) is 15.3. The summed E-state index contributed by atoms with van der Waals surface area (Å²) in [6.07, 6.45) is -0.0133. The third-order valence-electron chi connectivity index (χ3n) is 4.79. The van der Waals surface area contributed by atoms with Crippen LogP contribution in [-0.4, -0.2) is 59.0 Å². The molecule has 0 aliphatic carbocycles. The van der Waals surface area contributed by atoms with E-state index in [9.17, 15) is 17.6 Å². The molecule has 1 aliphatic heterocycles. The Bertz CT molecular complexity index is 925. The molecule has 0 atom stereocenters. The first-order valence-corrected chi connectivity index (χ1v) is 10.9. The summed E-state index contributed by atoms with van der Waals surface area (Å²) in [5.41, 5.74) is 1.78. The lowest BCUT2D eigenvalue weighted by molar-refractivity contribution is -0.116. The first kappa shape index (κ1) is 21.2. The maximum Gasteiger partial charge on any atom is 0.240 e. The minimum Gasteiger partial charge on any atom is -0.369 e. The smallest absolute Gasteiger partial charge is 0.240 e. The van der Waals surface area contributed by atoms with Crippen molar-refractivity contribution in [1.29, 1.82) is 0 Å². The highest BCUT2D eigenvalue weighted by Gasteiger charge is 2.15. The van der Waals surface area contributed by atoms with Crippen molar-refractivity contribution in [3.05, 3.63) is 54.3 Å². The highest BCUT2D eigenvalue weighted by atomic mass is 32.2. The van der Waals surface area contributed by atoms with Crippen molar-refractivity contribution >= 4 is 27.3 Å². The Kier molecular flexibility index (Phi) is 6.83. The number of hydrogen-bond donors (Lipinski definition) is 2. The Morgan fingerprint density at radius 2 is 1.62 bits per heavy atom. The third kappa shape index (κ3) is 5.99. The van der Waals surface area contributed by atoms with E-state index < -0.39 is 15.8 Å². The van der Waals surface area contributed by atoms with E-state index in [-0.39, 0.29) is 23.8 Å². The molecule has 2 aromatic rings. The second-order valence-electron chi connectivity index (χ2n) is 6.99. The van der Waals surface area contributed by atoms with Crippen LogP contribution in [0.3, 0.4) is 0 Å². The van der Waals surface area contributed by atoms with Crippen LogP contribution >= 0.6 is 0 Å². The highest BCUT2D eigenvalue weighted by Crippen LogP contribution is 2.19. The van der Waals surface area contributed by atoms with Gasteiger partial charge >= 0.3 is 0 Å². The molecule has 0 saturated carbocycles. The van der Waals surface area contributed by atoms with Gasteiger partial charge in [0.1, 0.15) is 5.82 Å². The number of amides is 1. The molecule has 0 aromatic heterocycles. The van der Waals surface area contributed by atoms with E-state index in [0.29, 0.717) is 5.69 Å². The molecule has 156 valence electrons. The largest absolute Gasteiger partial charge is 0.369 e. The molecule has 2 N–H and O–H groups in total. The van der Waals surface area contributed by atoms with Gasteiger partial charge in [-0.2, -0.15) is 0 Å². The molecule has 1 saturated heterocycles. The van der Waals surface area contributed by atoms with Crippen LogP contribution in [0, 0.1) is 5.82 Å². The number of carbonyl (C=O) groups excluding carboxylic acids is 1. The van der Waals surface area contributed by atoms with E-state index in [2.05, 4.69) is 26.9 Å². The van der Waals surface area contributed by atoms with Gasteiger partial charge in [-0.15, -0.1) is 0 Å². The van der Waals surface area contributed by atoms with Crippen molar-refractivity contribution in [2.75, 3.05) is 50.0 Å². The second-order valence-corrected chi connectivity index (χ2v) is 8.75. The van der Waals surface area contributed by atoms with Gasteiger partial charge in [-0.25, -0.2) is 17.5 Å². The Morgan fingerprint density at radius 1 is 1.00 bits per heavy atom. The van der Waals surface area contributed by atoms with Gasteiger partial charge in [-0.3, -0.25) is 4.79 Å². The van der Waals surface area contributed by atoms with E-state index in [4.69, 9.17) is 0 Å². The monoisotopic (exact) mass is 420 g/mol. The predicted octanol–water partition coefficient (Wildman–Crippen LogP) is 1.88. The van der Waals surface area contributed by atoms with Gasteiger partial charge in [-0.05, 0) is 55.6 Å². The number of sulfonamides is 1. The Hall–Kier alpha value is -2.49. The SMILES string of the molecule is CN1CCN(c2ccc(NC(=O)CCNS(=O)(=O)c3ccc(F)cc3)cc2)CC1. The predicted molar refractivity (Wildman–Crippen MR) is 111 cm³/mol. The molecule has 1 amide bonds. The number of hydrogen-bond acceptors (Lipinski definition) is 5. The summed E-state index contributed by atoms with van der Waals surface area (Å²) in [6.45, 7) is 3.93. The second kappa shape index (κ2) is 9.34. The van der Waals surface area contributed by atoms with Crippen LogP contribution in [0.5, 0.6) is 0 Å². The number of halogens is 1. The number of anilines is 2. The van der Waals surface area contributed by atoms with Crippen LogP contribution in [0.1, 0.15) is 6.42 Å². The van der Waals surface area contributed by atoms with Gasteiger partial charge in [0.15, 0.2) is 0 Å². The quantitative estimate of drug-likeness (QED) is 0.715. The van der Waals surface area contributed by atoms with Gasteiger partial charge in [0.05, 0.1) is 4.90 Å². The molecule has 3 rings (SSSR count). The molecule has 0 unspecified atom stereocenters. The van der Waals surface area contributed by atoms with E-state index in [1.165, 1.54) is 12.1 Å². The molecule has 1 fully saturated rings. The molecular weight excluding hydrogens is 395 g/mol. The summed E-state index contributed by atoms with van der Waals surface area (Å²) in [6, 6.07) is 12.1. The lowest BCUT2D eigenvalue weighted by Gasteiger charge is -2.34. The van der Waals surface area contributed by atoms with Crippen LogP contribution in [0.2, 0.25) is 0 Å². The zero-order valence-corrected chi connectivity index (χ0v) is 17.1. The number of benzene rings is 2. The van der Waals surface area contributed by atoms with E-state index in [1.54, 1.807) is 0 Å². The third-order valence-corrected chi connectivity index (χ3v) is 6.26. The van der Waals surface area contributed by atoms with Gasteiger partial charge < -0.3 is 15.1 Å². The molecule has 0 radical (unpaired) electrons. The number of nitrogens with one attached hydrogen (secondary N) is 2. The first-order valence-electron chi connectivity index (χ1n) is 9.42. The van der Waals surface area contributed by atoms with Crippen LogP contribution in [-0.2, 0) is 14.8 Å². The lowest BCUT2D eigenvalue weighted by Crippen LogP contribution is -2.44. The molecule has 1 heterocycles. The topological polar surface area (TPSA) is 81.8 Å². The minimum absolute atomic E-state index is 0.0133. The maximum atomic E-state index is 12.9. The molecule has 7 nitrogen and oxygen atoms in total. The molecular formula is C20H25FN4O3S. The van der Waals surface area contributed by atoms with Crippen molar-refractivity contribution in [1.82, 2.24) is 9.62 Å². The number of likely N-dealkylation sites (N-methyl/N-ethyl adjacent to an activating group) is 1. The average molecular weight is 421 g/mol. The minimum atomic E-state index is -3.77. The standard InChI is InChI=1S/C20H25FN4O3S/c1-24-12-14-25(15-13-24)18-6-4-17(5-7-18)23-20(26)10-11-22-29(27,28)19-8-2-16(21)3-9-19/h2-9,22H,10-15H2,1H3,(H,23,26). The number of rotatable bonds is 7. The Balaban J connectivity index is 1.46. The van der Waals surface area contributed by atoms with Crippen molar-refractivity contribution in [3.63, 3.8) is 0 Å². The van der Waals surface area contributed by atoms with Gasteiger partial charge in [0.2, 0.25) is 15.9 Å². The summed E-state index contributed by atoms with van der Waals surface area (Å²) >= 11 is 0. The zero-order chi connectivity index (χ0) is 20.9. The van der Waals surface area contributed by atoms with Gasteiger partial charge in [-0.1, -0.05) is 0 Å². The number of piperazine rings is 1. The van der Waals surface area contributed by atoms with E-state index in [1.807, 2.05) is 24.3 Å². The fourth-order valence-electron chi connectivity index (χ4n) is 3.04. The van der Waals surface area contributed by atoms with Crippen LogP contribution in [0.25, 0.3) is 0 Å². The van der Waals surface area contributed by atoms with E-state index in [0.717, 1.165) is 44.0 Å². The summed E-state index contributed by atoms with van der Waals surface area (Å²) in [5, 5.41) is 2.76. The Morgan fingerprint density at radius 3 is 2.24 bits per heavy atom. The molecule has 2 aromatic carbocycles. The van der Waals surface area contributed by atoms with Crippen LogP contribution in [0.15, 0.2) is 53.4 Å². The number of nitrogens with zero attached hydrogens (tertiary/aromatic N) is 2. The fourth-order valence-corrected chi connectivity index (χ4v) is 4.07. The van der Waals surface area contributed by atoms with Crippen LogP contribution < -0.4 is 14.9 Å². The summed E-state index contributed by atoms with van der Waals surface area (Å²) < 4.78 is 39.5. The average Bonchev–Trinajstić information content (AvgIpc) is 2.69. The Labute approximate surface area is 170 Å². The molecule has 1 aliphatic rings. The van der Waals surface area contributed by atoms with Gasteiger partial charge in [0.25, 0.3) is 0 Å². The van der Waals surface area contributed by atoms with Gasteiger partial charge in [0, 0.05) is 50.5 Å². The molecule has 0 bridgehead atoms. The zero-order valence-electron chi connectivity index (χ0n) is 16.3. The van der Waals surface area contributed by atoms with Crippen molar-refractivity contribution in [2.45, 2.75) is 11.3 Å². The highest BCUT2D eigenvalue weighted by molar-refractivity contribution is 7.89. The molecule has 0 spiro atoms. The summed E-state index contributed by atoms with van der Waals surface area (Å²) in [4.78, 5) is 16.6. The number of carbonyl (C=O) groups is 1. The first-order chi connectivity index (χ1) is 13.8. The summed E-state index contributed by atoms with van der Waals surface area (Å²) in [5.74, 6) is -0.805. The molecule has 9 heteroatoms. The van der Waals surface area contributed by atoms with Crippen molar-refractivity contribution in [3.8, 4) is 0 Å². The van der Waals surface area contributed by atoms with E-state index >= 15 is 0 Å². The lowest BCUT2D eigenvalue weighted by atomic mass is 10.2. The van der Waals surface area contributed by atoms with Crippen molar-refractivity contribution in [2.24, 2.45) is 0 Å². The van der Waals surface area contributed by atoms with Crippen molar-refractivity contribution < 1.29 is 17.6 Å². The summed E-state index contributed by atoms with van der Waals surface area (Å²) in [7, 11) is -1.67. The fraction of sp³-hybridized carbons (Fsp3) is 0.350.